The summed E-state index contributed by atoms with van der Waals surface area (Å²) < 4.78 is 38.9. The second-order valence-electron chi connectivity index (χ2n) is 6.53. The molecule has 0 aromatic heterocycles. The lowest BCUT2D eigenvalue weighted by Gasteiger charge is -2.14. The average molecular weight is 537 g/mol. The van der Waals surface area contributed by atoms with Crippen molar-refractivity contribution in [3.63, 3.8) is 0 Å². The van der Waals surface area contributed by atoms with Crippen molar-refractivity contribution in [2.45, 2.75) is 27.1 Å². The van der Waals surface area contributed by atoms with E-state index in [0.717, 1.165) is 0 Å². The number of hydrogen-bond donors (Lipinski definition) is 0. The van der Waals surface area contributed by atoms with Gasteiger partial charge in [-0.3, -0.25) is 4.79 Å². The fourth-order valence-corrected chi connectivity index (χ4v) is 4.57. The fourth-order valence-electron chi connectivity index (χ4n) is 2.93. The largest absolute Gasteiger partial charge is 0.460 e. The molecule has 1 saturated carbocycles. The van der Waals surface area contributed by atoms with Crippen LogP contribution in [0.4, 0.5) is 8.78 Å². The number of methoxy groups -OCH3 is 1. The maximum atomic E-state index is 14.3. The first-order chi connectivity index (χ1) is 12.0. The fraction of sp³-hybridized carbons (Fsp3) is 0.471. The maximum Gasteiger partial charge on any atom is 0.310 e. The summed E-state index contributed by atoms with van der Waals surface area (Å²) in [5.41, 5.74) is -0.403. The zero-order chi connectivity index (χ0) is 19.8. The van der Waals surface area contributed by atoms with Crippen molar-refractivity contribution < 1.29 is 23.0 Å². The van der Waals surface area contributed by atoms with Crippen LogP contribution in [0.3, 0.4) is 0 Å². The molecule has 1 aliphatic rings. The summed E-state index contributed by atoms with van der Waals surface area (Å²) in [6, 6.07) is 0. The molecule has 1 aromatic carbocycles. The minimum atomic E-state index is -0.792. The Morgan fingerprint density at radius 2 is 1.69 bits per heavy atom. The first-order valence-electron chi connectivity index (χ1n) is 7.56. The highest BCUT2D eigenvalue weighted by atomic mass is 79.9. The van der Waals surface area contributed by atoms with Crippen LogP contribution >= 0.6 is 55.1 Å². The number of ether oxygens (including phenoxy) is 2. The highest BCUT2D eigenvalue weighted by molar-refractivity contribution is 9.11. The first kappa shape index (κ1) is 22.1. The zero-order valence-electron chi connectivity index (χ0n) is 14.1. The van der Waals surface area contributed by atoms with Gasteiger partial charge in [0.05, 0.1) is 27.0 Å². The van der Waals surface area contributed by atoms with Crippen LogP contribution < -0.4 is 0 Å². The molecule has 0 unspecified atom stereocenters. The Kier molecular flexibility index (Phi) is 7.16. The Morgan fingerprint density at radius 1 is 1.15 bits per heavy atom. The molecule has 9 heteroatoms. The number of halogens is 6. The maximum absolute atomic E-state index is 14.3. The minimum Gasteiger partial charge on any atom is -0.460 e. The van der Waals surface area contributed by atoms with Crippen molar-refractivity contribution in [2.75, 3.05) is 7.11 Å². The second-order valence-corrected chi connectivity index (χ2v) is 9.13. The van der Waals surface area contributed by atoms with Crippen LogP contribution in [0.2, 0.25) is 0 Å². The van der Waals surface area contributed by atoms with Gasteiger partial charge in [0.1, 0.15) is 22.7 Å². The highest BCUT2D eigenvalue weighted by Crippen LogP contribution is 2.60. The molecule has 0 amide bonds. The first-order valence-corrected chi connectivity index (χ1v) is 9.90. The van der Waals surface area contributed by atoms with E-state index in [4.69, 9.17) is 32.7 Å². The molecule has 0 saturated heterocycles. The molecule has 0 spiro atoms. The average Bonchev–Trinajstić information content (AvgIpc) is 3.09. The minimum absolute atomic E-state index is 0.0148. The smallest absolute Gasteiger partial charge is 0.310 e. The predicted octanol–water partition coefficient (Wildman–Crippen LogP) is 6.27. The van der Waals surface area contributed by atoms with Gasteiger partial charge >= 0.3 is 5.97 Å². The third-order valence-electron chi connectivity index (χ3n) is 4.56. The van der Waals surface area contributed by atoms with E-state index in [1.807, 2.05) is 13.8 Å². The Morgan fingerprint density at radius 3 is 2.15 bits per heavy atom. The van der Waals surface area contributed by atoms with Gasteiger partial charge in [-0.05, 0) is 49.3 Å². The molecule has 3 nitrogen and oxygen atoms in total. The van der Waals surface area contributed by atoms with Gasteiger partial charge in [-0.2, -0.15) is 0 Å². The van der Waals surface area contributed by atoms with Gasteiger partial charge in [0.25, 0.3) is 0 Å². The van der Waals surface area contributed by atoms with Crippen LogP contribution in [-0.4, -0.2) is 13.1 Å². The molecule has 26 heavy (non-hydrogen) atoms. The van der Waals surface area contributed by atoms with Crippen molar-refractivity contribution in [1.29, 1.82) is 0 Å². The summed E-state index contributed by atoms with van der Waals surface area (Å²) in [7, 11) is 1.34. The van der Waals surface area contributed by atoms with Crippen molar-refractivity contribution in [2.24, 2.45) is 17.3 Å². The van der Waals surface area contributed by atoms with Crippen LogP contribution in [0.15, 0.2) is 19.5 Å². The summed E-state index contributed by atoms with van der Waals surface area (Å²) in [5.74, 6) is -2.63. The summed E-state index contributed by atoms with van der Waals surface area (Å²) in [6.07, 6.45) is 1.60. The molecule has 1 aromatic rings. The van der Waals surface area contributed by atoms with Crippen molar-refractivity contribution in [3.05, 3.63) is 42.3 Å². The zero-order valence-corrected chi connectivity index (χ0v) is 18.8. The molecule has 0 N–H and O–H groups in total. The van der Waals surface area contributed by atoms with Crippen molar-refractivity contribution in [1.82, 2.24) is 0 Å². The van der Waals surface area contributed by atoms with Crippen LogP contribution in [0, 0.1) is 28.9 Å². The molecule has 1 fully saturated rings. The van der Waals surface area contributed by atoms with E-state index in [9.17, 15) is 13.6 Å². The molecule has 0 radical (unpaired) electrons. The van der Waals surface area contributed by atoms with Gasteiger partial charge in [0.15, 0.2) is 0 Å². The van der Waals surface area contributed by atoms with Crippen LogP contribution in [0.5, 0.6) is 0 Å². The van der Waals surface area contributed by atoms with E-state index in [2.05, 4.69) is 31.9 Å². The number of rotatable bonds is 6. The lowest BCUT2D eigenvalue weighted by Crippen LogP contribution is -2.12. The normalized spacial score (nSPS) is 20.7. The van der Waals surface area contributed by atoms with E-state index in [1.165, 1.54) is 7.11 Å². The number of esters is 1. The van der Waals surface area contributed by atoms with Gasteiger partial charge in [0.2, 0.25) is 0 Å². The topological polar surface area (TPSA) is 35.5 Å². The number of benzene rings is 1. The molecule has 1 aliphatic carbocycles. The van der Waals surface area contributed by atoms with Crippen LogP contribution in [0.1, 0.15) is 25.0 Å². The van der Waals surface area contributed by atoms with Gasteiger partial charge in [-0.15, -0.1) is 0 Å². The van der Waals surface area contributed by atoms with E-state index >= 15 is 0 Å². The SMILES string of the molecule is COCc1c(F)c(Br)c(COC(=O)[C@@H]2[C@@H](C=C(Cl)Cl)C2(C)C)c(Br)c1F. The van der Waals surface area contributed by atoms with E-state index in [0.29, 0.717) is 0 Å². The number of hydrogen-bond acceptors (Lipinski definition) is 3. The Labute approximate surface area is 177 Å². The lowest BCUT2D eigenvalue weighted by atomic mass is 10.1. The lowest BCUT2D eigenvalue weighted by molar-refractivity contribution is -0.147. The van der Waals surface area contributed by atoms with E-state index < -0.39 is 23.5 Å². The van der Waals surface area contributed by atoms with Gasteiger partial charge in [0, 0.05) is 12.7 Å². The van der Waals surface area contributed by atoms with Crippen LogP contribution in [0.25, 0.3) is 0 Å². The van der Waals surface area contributed by atoms with Gasteiger partial charge in [-0.25, -0.2) is 8.78 Å². The predicted molar refractivity (Wildman–Crippen MR) is 103 cm³/mol. The molecule has 0 aliphatic heterocycles. The summed E-state index contributed by atoms with van der Waals surface area (Å²) in [6.45, 7) is 3.26. The van der Waals surface area contributed by atoms with Crippen molar-refractivity contribution in [3.8, 4) is 0 Å². The number of carbonyl (C=O) groups excluding carboxylic acids is 1. The standard InChI is InChI=1S/C17H16Br2Cl2F2O3/c1-17(2)9(4-10(20)21)11(17)16(24)26-6-7-12(18)14(22)8(5-25-3)15(23)13(7)19/h4,9,11H,5-6H2,1-3H3/t9-,11+/m1/s1. The Bertz CT molecular complexity index is 736. The monoisotopic (exact) mass is 534 g/mol. The number of allylic oxidation sites excluding steroid dienone is 1. The van der Waals surface area contributed by atoms with Crippen LogP contribution in [-0.2, 0) is 27.5 Å². The Hall–Kier alpha value is -0.210. The quantitative estimate of drug-likeness (QED) is 0.317. The van der Waals surface area contributed by atoms with E-state index in [-0.39, 0.29) is 49.1 Å². The molecular formula is C17H16Br2Cl2F2O3. The van der Waals surface area contributed by atoms with Gasteiger partial charge < -0.3 is 9.47 Å². The number of carbonyl (C=O) groups is 1. The summed E-state index contributed by atoms with van der Waals surface area (Å²) >= 11 is 17.5. The Balaban J connectivity index is 2.18. The molecule has 2 atom stereocenters. The summed E-state index contributed by atoms with van der Waals surface area (Å²) in [5, 5.41) is 0. The third kappa shape index (κ3) is 4.27. The third-order valence-corrected chi connectivity index (χ3v) is 6.47. The van der Waals surface area contributed by atoms with Gasteiger partial charge in [-0.1, -0.05) is 37.0 Å². The molecule has 2 rings (SSSR count). The second kappa shape index (κ2) is 8.43. The molecule has 0 heterocycles. The molecule has 0 bridgehead atoms. The van der Waals surface area contributed by atoms with E-state index in [1.54, 1.807) is 6.08 Å². The van der Waals surface area contributed by atoms with Crippen molar-refractivity contribution >= 4 is 61.0 Å². The highest BCUT2D eigenvalue weighted by Gasteiger charge is 2.61. The summed E-state index contributed by atoms with van der Waals surface area (Å²) in [4.78, 5) is 12.4. The molecular weight excluding hydrogens is 521 g/mol. The molecule has 144 valence electrons.